The van der Waals surface area contributed by atoms with Gasteiger partial charge in [0.2, 0.25) is 5.88 Å². The summed E-state index contributed by atoms with van der Waals surface area (Å²) in [6, 6.07) is 1.43. The van der Waals surface area contributed by atoms with Gasteiger partial charge >= 0.3 is 18.3 Å². The van der Waals surface area contributed by atoms with Gasteiger partial charge in [0.05, 0.1) is 7.11 Å². The number of alkyl halides is 6. The van der Waals surface area contributed by atoms with Crippen molar-refractivity contribution in [2.45, 2.75) is 43.8 Å². The number of pyridine rings is 1. The Morgan fingerprint density at radius 3 is 2.27 bits per heavy atom. The summed E-state index contributed by atoms with van der Waals surface area (Å²) >= 11 is 0. The van der Waals surface area contributed by atoms with Crippen molar-refractivity contribution in [3.8, 4) is 5.88 Å². The highest BCUT2D eigenvalue weighted by Gasteiger charge is 2.66. The number of hydrogen-bond donors (Lipinski definition) is 1. The van der Waals surface area contributed by atoms with Crippen molar-refractivity contribution in [1.29, 1.82) is 0 Å². The Morgan fingerprint density at radius 2 is 1.85 bits per heavy atom. The number of aliphatic carboxylic acids is 1. The van der Waals surface area contributed by atoms with E-state index in [1.54, 1.807) is 0 Å². The second-order valence-corrected chi connectivity index (χ2v) is 6.09. The monoisotopic (exact) mass is 387 g/mol. The van der Waals surface area contributed by atoms with Crippen LogP contribution in [0.5, 0.6) is 5.88 Å². The molecule has 0 spiro atoms. The zero-order valence-electron chi connectivity index (χ0n) is 13.8. The molecular formula is C15H15F6NO4. The van der Waals surface area contributed by atoms with Gasteiger partial charge in [-0.2, -0.15) is 26.3 Å². The van der Waals surface area contributed by atoms with Gasteiger partial charge in [0, 0.05) is 17.4 Å². The van der Waals surface area contributed by atoms with Gasteiger partial charge in [0.1, 0.15) is 5.69 Å². The molecule has 0 bridgehead atoms. The molecule has 0 aliphatic carbocycles. The minimum absolute atomic E-state index is 0.201. The average molecular weight is 387 g/mol. The summed E-state index contributed by atoms with van der Waals surface area (Å²) in [7, 11) is 0.991. The van der Waals surface area contributed by atoms with Crippen LogP contribution in [0.3, 0.4) is 0 Å². The average Bonchev–Trinajstić information content (AvgIpc) is 2.79. The maximum absolute atomic E-state index is 13.4. The molecule has 2 heterocycles. The van der Waals surface area contributed by atoms with Crippen LogP contribution in [-0.2, 0) is 15.7 Å². The number of rotatable bonds is 3. The first-order chi connectivity index (χ1) is 11.7. The van der Waals surface area contributed by atoms with Gasteiger partial charge in [-0.3, -0.25) is 0 Å². The molecule has 26 heavy (non-hydrogen) atoms. The molecule has 11 heteroatoms. The molecule has 0 unspecified atom stereocenters. The van der Waals surface area contributed by atoms with Crippen molar-refractivity contribution >= 4 is 5.97 Å². The molecule has 4 atom stereocenters. The van der Waals surface area contributed by atoms with Crippen LogP contribution in [0.4, 0.5) is 26.3 Å². The zero-order valence-corrected chi connectivity index (χ0v) is 13.8. The normalized spacial score (nSPS) is 29.7. The lowest BCUT2D eigenvalue weighted by atomic mass is 9.77. The van der Waals surface area contributed by atoms with E-state index >= 15 is 0 Å². The summed E-state index contributed by atoms with van der Waals surface area (Å²) in [4.78, 5) is 14.7. The fraction of sp³-hybridized carbons (Fsp3) is 0.600. The second kappa shape index (κ2) is 6.29. The molecule has 1 aliphatic heterocycles. The van der Waals surface area contributed by atoms with Crippen LogP contribution in [0.15, 0.2) is 12.1 Å². The largest absolute Gasteiger partial charge is 0.481 e. The fourth-order valence-corrected chi connectivity index (χ4v) is 3.04. The number of methoxy groups -OCH3 is 1. The quantitative estimate of drug-likeness (QED) is 0.803. The Hall–Kier alpha value is -2.04. The van der Waals surface area contributed by atoms with Gasteiger partial charge in [-0.05, 0) is 13.0 Å². The first-order valence-corrected chi connectivity index (χ1v) is 7.33. The molecule has 5 nitrogen and oxygen atoms in total. The lowest BCUT2D eigenvalue weighted by molar-refractivity contribution is -0.273. The number of carboxylic acids is 1. The first kappa shape index (κ1) is 20.3. The van der Waals surface area contributed by atoms with Crippen molar-refractivity contribution in [2.75, 3.05) is 7.11 Å². The highest BCUT2D eigenvalue weighted by molar-refractivity contribution is 5.75. The van der Waals surface area contributed by atoms with Crippen LogP contribution < -0.4 is 4.74 Å². The van der Waals surface area contributed by atoms with Gasteiger partial charge < -0.3 is 14.6 Å². The number of aromatic nitrogens is 1. The van der Waals surface area contributed by atoms with Crippen LogP contribution in [0, 0.1) is 5.92 Å². The van der Waals surface area contributed by atoms with E-state index in [0.29, 0.717) is 13.0 Å². The molecule has 1 aromatic heterocycles. The minimum Gasteiger partial charge on any atom is -0.481 e. The van der Waals surface area contributed by atoms with Gasteiger partial charge in [0.25, 0.3) is 0 Å². The van der Waals surface area contributed by atoms with Crippen LogP contribution >= 0.6 is 0 Å². The lowest BCUT2D eigenvalue weighted by Crippen LogP contribution is -2.47. The smallest absolute Gasteiger partial charge is 0.433 e. The lowest BCUT2D eigenvalue weighted by Gasteiger charge is -2.31. The van der Waals surface area contributed by atoms with E-state index in [-0.39, 0.29) is 5.56 Å². The summed E-state index contributed by atoms with van der Waals surface area (Å²) in [5.41, 5.74) is -4.31. The highest BCUT2D eigenvalue weighted by Crippen LogP contribution is 2.54. The summed E-state index contributed by atoms with van der Waals surface area (Å²) in [5.74, 6) is -5.10. The first-order valence-electron chi connectivity index (χ1n) is 7.33. The Kier molecular flexibility index (Phi) is 4.90. The van der Waals surface area contributed by atoms with Crippen LogP contribution in [-0.4, -0.2) is 41.1 Å². The Labute approximate surface area is 143 Å². The zero-order chi connectivity index (χ0) is 20.1. The van der Waals surface area contributed by atoms with E-state index in [9.17, 15) is 36.2 Å². The van der Waals surface area contributed by atoms with Crippen molar-refractivity contribution in [2.24, 2.45) is 5.92 Å². The van der Waals surface area contributed by atoms with E-state index in [4.69, 9.17) is 9.47 Å². The molecule has 0 aromatic carbocycles. The van der Waals surface area contributed by atoms with Gasteiger partial charge in [-0.25, -0.2) is 9.78 Å². The molecule has 146 valence electrons. The van der Waals surface area contributed by atoms with Crippen LogP contribution in [0.2, 0.25) is 0 Å². The van der Waals surface area contributed by atoms with E-state index in [1.807, 2.05) is 0 Å². The maximum atomic E-state index is 13.4. The van der Waals surface area contributed by atoms with Gasteiger partial charge in [0.15, 0.2) is 11.7 Å². The molecular weight excluding hydrogens is 372 g/mol. The van der Waals surface area contributed by atoms with Crippen molar-refractivity contribution < 1.29 is 45.7 Å². The third-order valence-electron chi connectivity index (χ3n) is 4.64. The molecule has 1 saturated heterocycles. The Morgan fingerprint density at radius 1 is 1.27 bits per heavy atom. The van der Waals surface area contributed by atoms with E-state index in [0.717, 1.165) is 20.1 Å². The summed E-state index contributed by atoms with van der Waals surface area (Å²) < 4.78 is 88.2. The molecule has 0 amide bonds. The highest BCUT2D eigenvalue weighted by atomic mass is 19.4. The predicted octanol–water partition coefficient (Wildman–Crippen LogP) is 3.63. The Balaban J connectivity index is 2.59. The number of carboxylic acid groups (broad SMARTS) is 1. The number of ether oxygens (including phenoxy) is 2. The molecule has 1 aliphatic rings. The molecule has 1 aromatic rings. The number of carbonyl (C=O) groups is 1. The van der Waals surface area contributed by atoms with Gasteiger partial charge in [-0.1, -0.05) is 13.0 Å². The number of hydrogen-bond acceptors (Lipinski definition) is 4. The number of nitrogens with zero attached hydrogens (tertiary/aromatic N) is 1. The third kappa shape index (κ3) is 3.19. The van der Waals surface area contributed by atoms with Crippen molar-refractivity contribution in [1.82, 2.24) is 4.98 Å². The maximum Gasteiger partial charge on any atom is 0.433 e. The van der Waals surface area contributed by atoms with E-state index < -0.39 is 53.4 Å². The second-order valence-electron chi connectivity index (χ2n) is 6.09. The van der Waals surface area contributed by atoms with E-state index in [1.165, 1.54) is 0 Å². The topological polar surface area (TPSA) is 68.7 Å². The van der Waals surface area contributed by atoms with E-state index in [2.05, 4.69) is 4.98 Å². The van der Waals surface area contributed by atoms with Gasteiger partial charge in [-0.15, -0.1) is 0 Å². The minimum atomic E-state index is -4.89. The molecule has 1 fully saturated rings. The summed E-state index contributed by atoms with van der Waals surface area (Å²) in [6.45, 7) is 1.83. The molecule has 2 rings (SSSR count). The Bertz CT molecular complexity index is 704. The number of halogens is 6. The summed E-state index contributed by atoms with van der Waals surface area (Å²) in [6.07, 6.45) is -11.6. The molecule has 1 N–H and O–H groups in total. The fourth-order valence-electron chi connectivity index (χ4n) is 3.04. The van der Waals surface area contributed by atoms with Crippen LogP contribution in [0.1, 0.15) is 31.0 Å². The molecule has 0 saturated carbocycles. The predicted molar refractivity (Wildman–Crippen MR) is 74.7 cm³/mol. The van der Waals surface area contributed by atoms with Crippen LogP contribution in [0.25, 0.3) is 0 Å². The standard InChI is InChI=1S/C15H15F6NO4/c1-6-9(10(12(23)24)26-13(6,2)15(19,20)21)7-4-5-8(14(16,17)18)22-11(7)25-3/h4-6,9-10H,1-3H3,(H,23,24)/t6-,9-,10+,13+/m0/s1. The summed E-state index contributed by atoms with van der Waals surface area (Å²) in [5, 5.41) is 9.27. The SMILES string of the molecule is COc1nc(C(F)(F)F)ccc1[C@H]1[C@H](C(=O)O)O[C@@](C)(C(F)(F)F)[C@H]1C. The van der Waals surface area contributed by atoms with Crippen molar-refractivity contribution in [3.05, 3.63) is 23.4 Å². The third-order valence-corrected chi connectivity index (χ3v) is 4.64. The molecule has 0 radical (unpaired) electrons. The van der Waals surface area contributed by atoms with Crippen molar-refractivity contribution in [3.63, 3.8) is 0 Å².